The molecule has 2 aliphatic rings. The Balaban J connectivity index is 1.18. The minimum Gasteiger partial charge on any atom is -0.379 e. The zero-order valence-electron chi connectivity index (χ0n) is 16.2. The first-order valence-corrected chi connectivity index (χ1v) is 10.4. The van der Waals surface area contributed by atoms with Crippen molar-refractivity contribution in [2.45, 2.75) is 32.1 Å². The number of benzene rings is 1. The normalized spacial score (nSPS) is 19.6. The number of aryl methyl sites for hydroxylation is 1. The summed E-state index contributed by atoms with van der Waals surface area (Å²) in [6.07, 6.45) is 6.93. The average Bonchev–Trinajstić information content (AvgIpc) is 3.12. The molecule has 27 heavy (non-hydrogen) atoms. The highest BCUT2D eigenvalue weighted by molar-refractivity contribution is 5.83. The lowest BCUT2D eigenvalue weighted by molar-refractivity contribution is -0.132. The highest BCUT2D eigenvalue weighted by Crippen LogP contribution is 2.22. The van der Waals surface area contributed by atoms with Crippen molar-refractivity contribution < 1.29 is 9.53 Å². The van der Waals surface area contributed by atoms with Crippen LogP contribution < -0.4 is 0 Å². The second-order valence-corrected chi connectivity index (χ2v) is 7.95. The summed E-state index contributed by atoms with van der Waals surface area (Å²) < 4.78 is 5.43. The van der Waals surface area contributed by atoms with Gasteiger partial charge in [-0.1, -0.05) is 18.2 Å². The van der Waals surface area contributed by atoms with E-state index in [1.807, 2.05) is 0 Å². The zero-order valence-corrected chi connectivity index (χ0v) is 16.2. The first-order chi connectivity index (χ1) is 13.3. The topological polar surface area (TPSA) is 48.6 Å². The van der Waals surface area contributed by atoms with Crippen molar-refractivity contribution in [3.05, 3.63) is 36.0 Å². The van der Waals surface area contributed by atoms with Crippen LogP contribution in [-0.2, 0) is 16.0 Å². The van der Waals surface area contributed by atoms with Crippen LogP contribution in [0, 0.1) is 5.92 Å². The fraction of sp³-hybridized carbons (Fsp3) is 0.591. The Morgan fingerprint density at radius 1 is 1.11 bits per heavy atom. The summed E-state index contributed by atoms with van der Waals surface area (Å²) in [5, 5.41) is 1.29. The van der Waals surface area contributed by atoms with Crippen LogP contribution in [0.4, 0.5) is 0 Å². The van der Waals surface area contributed by atoms with Gasteiger partial charge in [0.15, 0.2) is 0 Å². The van der Waals surface area contributed by atoms with E-state index < -0.39 is 0 Å². The number of nitrogens with zero attached hydrogens (tertiary/aromatic N) is 2. The van der Waals surface area contributed by atoms with Crippen molar-refractivity contribution in [2.75, 3.05) is 45.9 Å². The SMILES string of the molecule is O=C(CCCc1c[nH]c2ccccc12)N1CCC(CN2CCOCC2)CC1. The molecule has 2 aromatic rings. The minimum absolute atomic E-state index is 0.333. The first-order valence-electron chi connectivity index (χ1n) is 10.4. The largest absolute Gasteiger partial charge is 0.379 e. The van der Waals surface area contributed by atoms with Crippen molar-refractivity contribution in [2.24, 2.45) is 5.92 Å². The Kier molecular flexibility index (Phi) is 6.10. The summed E-state index contributed by atoms with van der Waals surface area (Å²) in [5.74, 6) is 1.07. The fourth-order valence-electron chi connectivity index (χ4n) is 4.44. The first kappa shape index (κ1) is 18.5. The number of hydrogen-bond acceptors (Lipinski definition) is 3. The van der Waals surface area contributed by atoms with E-state index >= 15 is 0 Å². The number of para-hydroxylation sites is 1. The molecule has 0 radical (unpaired) electrons. The zero-order chi connectivity index (χ0) is 18.5. The number of hydrogen-bond donors (Lipinski definition) is 1. The maximum atomic E-state index is 12.6. The van der Waals surface area contributed by atoms with Crippen LogP contribution in [0.15, 0.2) is 30.5 Å². The Morgan fingerprint density at radius 2 is 1.89 bits per heavy atom. The third-order valence-electron chi connectivity index (χ3n) is 6.10. The molecule has 4 rings (SSSR count). The number of ether oxygens (including phenoxy) is 1. The number of fused-ring (bicyclic) bond motifs is 1. The molecule has 0 saturated carbocycles. The van der Waals surface area contributed by atoms with Crippen LogP contribution >= 0.6 is 0 Å². The Hall–Kier alpha value is -1.85. The van der Waals surface area contributed by atoms with Gasteiger partial charge in [0.1, 0.15) is 0 Å². The Bertz CT molecular complexity index is 743. The second kappa shape index (κ2) is 8.89. The number of nitrogens with one attached hydrogen (secondary N) is 1. The van der Waals surface area contributed by atoms with Gasteiger partial charge in [-0.05, 0) is 43.2 Å². The molecular formula is C22H31N3O2. The van der Waals surface area contributed by atoms with Crippen molar-refractivity contribution >= 4 is 16.8 Å². The van der Waals surface area contributed by atoms with Crippen molar-refractivity contribution in [3.63, 3.8) is 0 Å². The fourth-order valence-corrected chi connectivity index (χ4v) is 4.44. The van der Waals surface area contributed by atoms with Crippen LogP contribution in [-0.4, -0.2) is 66.6 Å². The minimum atomic E-state index is 0.333. The van der Waals surface area contributed by atoms with Gasteiger partial charge in [0.05, 0.1) is 13.2 Å². The predicted molar refractivity (Wildman–Crippen MR) is 108 cm³/mol. The molecule has 0 spiro atoms. The van der Waals surface area contributed by atoms with E-state index in [2.05, 4.69) is 45.2 Å². The highest BCUT2D eigenvalue weighted by Gasteiger charge is 2.24. The van der Waals surface area contributed by atoms with E-state index in [4.69, 9.17) is 4.74 Å². The lowest BCUT2D eigenvalue weighted by atomic mass is 9.95. The molecule has 1 aromatic heterocycles. The number of rotatable bonds is 6. The summed E-state index contributed by atoms with van der Waals surface area (Å²) in [5.41, 5.74) is 2.50. The molecule has 3 heterocycles. The van der Waals surface area contributed by atoms with Crippen molar-refractivity contribution in [1.29, 1.82) is 0 Å². The third-order valence-corrected chi connectivity index (χ3v) is 6.10. The van der Waals surface area contributed by atoms with Gasteiger partial charge in [0, 0.05) is 56.2 Å². The molecule has 1 aromatic carbocycles. The summed E-state index contributed by atoms with van der Waals surface area (Å²) in [6.45, 7) is 6.90. The molecule has 146 valence electrons. The number of H-pyrrole nitrogens is 1. The number of carbonyl (C=O) groups excluding carboxylic acids is 1. The molecule has 5 nitrogen and oxygen atoms in total. The Morgan fingerprint density at radius 3 is 2.70 bits per heavy atom. The van der Waals surface area contributed by atoms with E-state index in [1.165, 1.54) is 23.0 Å². The van der Waals surface area contributed by atoms with E-state index in [0.29, 0.717) is 12.3 Å². The molecular weight excluding hydrogens is 338 g/mol. The lowest BCUT2D eigenvalue weighted by Crippen LogP contribution is -2.44. The molecule has 0 bridgehead atoms. The maximum absolute atomic E-state index is 12.6. The summed E-state index contributed by atoms with van der Waals surface area (Å²) in [7, 11) is 0. The molecule has 0 aliphatic carbocycles. The molecule has 5 heteroatoms. The number of aromatic nitrogens is 1. The number of amides is 1. The van der Waals surface area contributed by atoms with E-state index in [0.717, 1.165) is 71.0 Å². The van der Waals surface area contributed by atoms with Crippen molar-refractivity contribution in [3.8, 4) is 0 Å². The lowest BCUT2D eigenvalue weighted by Gasteiger charge is -2.36. The van der Waals surface area contributed by atoms with Crippen LogP contribution in [0.3, 0.4) is 0 Å². The number of carbonyl (C=O) groups is 1. The highest BCUT2D eigenvalue weighted by atomic mass is 16.5. The molecule has 0 unspecified atom stereocenters. The quantitative estimate of drug-likeness (QED) is 0.851. The molecule has 2 saturated heterocycles. The Labute approximate surface area is 161 Å². The van der Waals surface area contributed by atoms with Gasteiger partial charge in [-0.2, -0.15) is 0 Å². The van der Waals surface area contributed by atoms with E-state index in [1.54, 1.807) is 0 Å². The van der Waals surface area contributed by atoms with Gasteiger partial charge in [-0.3, -0.25) is 9.69 Å². The van der Waals surface area contributed by atoms with Gasteiger partial charge in [0.2, 0.25) is 5.91 Å². The van der Waals surface area contributed by atoms with E-state index in [9.17, 15) is 4.79 Å². The van der Waals surface area contributed by atoms with Gasteiger partial charge >= 0.3 is 0 Å². The average molecular weight is 370 g/mol. The van der Waals surface area contributed by atoms with Gasteiger partial charge in [0.25, 0.3) is 0 Å². The van der Waals surface area contributed by atoms with Gasteiger partial charge in [-0.15, -0.1) is 0 Å². The molecule has 2 aliphatic heterocycles. The van der Waals surface area contributed by atoms with Gasteiger partial charge < -0.3 is 14.6 Å². The monoisotopic (exact) mass is 369 g/mol. The van der Waals surface area contributed by atoms with E-state index in [-0.39, 0.29) is 0 Å². The second-order valence-electron chi connectivity index (χ2n) is 7.95. The predicted octanol–water partition coefficient (Wildman–Crippen LogP) is 3.06. The number of morpholine rings is 1. The van der Waals surface area contributed by atoms with Crippen molar-refractivity contribution in [1.82, 2.24) is 14.8 Å². The van der Waals surface area contributed by atoms with Crippen LogP contribution in [0.25, 0.3) is 10.9 Å². The molecule has 1 amide bonds. The van der Waals surface area contributed by atoms with Crippen LogP contribution in [0.1, 0.15) is 31.2 Å². The molecule has 1 N–H and O–H groups in total. The summed E-state index contributed by atoms with van der Waals surface area (Å²) in [4.78, 5) is 20.5. The summed E-state index contributed by atoms with van der Waals surface area (Å²) >= 11 is 0. The van der Waals surface area contributed by atoms with Crippen LogP contribution in [0.2, 0.25) is 0 Å². The molecule has 2 fully saturated rings. The number of likely N-dealkylation sites (tertiary alicyclic amines) is 1. The third kappa shape index (κ3) is 4.71. The smallest absolute Gasteiger partial charge is 0.222 e. The number of aromatic amines is 1. The molecule has 0 atom stereocenters. The van der Waals surface area contributed by atoms with Crippen LogP contribution in [0.5, 0.6) is 0 Å². The standard InChI is InChI=1S/C22H31N3O2/c26-22(7-3-4-19-16-23-21-6-2-1-5-20(19)21)25-10-8-18(9-11-25)17-24-12-14-27-15-13-24/h1-2,5-6,16,18,23H,3-4,7-15,17H2. The summed E-state index contributed by atoms with van der Waals surface area (Å²) in [6, 6.07) is 8.38. The maximum Gasteiger partial charge on any atom is 0.222 e. The number of piperidine rings is 1. The van der Waals surface area contributed by atoms with Gasteiger partial charge in [-0.25, -0.2) is 0 Å².